The summed E-state index contributed by atoms with van der Waals surface area (Å²) in [5, 5.41) is 4.32. The minimum Gasteiger partial charge on any atom is -0.317 e. The maximum absolute atomic E-state index is 12.3. The van der Waals surface area contributed by atoms with Crippen LogP contribution in [0.3, 0.4) is 0 Å². The number of nitrogens with zero attached hydrogens (tertiary/aromatic N) is 2. The number of benzene rings is 2. The van der Waals surface area contributed by atoms with E-state index in [1.54, 1.807) is 11.3 Å². The quantitative estimate of drug-likeness (QED) is 0.522. The Morgan fingerprint density at radius 1 is 1.13 bits per heavy atom. The van der Waals surface area contributed by atoms with Crippen LogP contribution in [0.15, 0.2) is 58.9 Å². The van der Waals surface area contributed by atoms with Crippen LogP contribution in [-0.4, -0.2) is 10.5 Å². The molecule has 0 N–H and O–H groups in total. The molecule has 0 fully saturated rings. The molecule has 3 nitrogen and oxygen atoms in total. The highest BCUT2D eigenvalue weighted by Gasteiger charge is 2.10. The summed E-state index contributed by atoms with van der Waals surface area (Å²) in [6, 6.07) is 16.3. The Morgan fingerprint density at radius 3 is 2.78 bits per heavy atom. The predicted molar refractivity (Wildman–Crippen MR) is 97.2 cm³/mol. The summed E-state index contributed by atoms with van der Waals surface area (Å²) >= 11 is 3.01. The number of hydrogen-bond acceptors (Lipinski definition) is 3. The minimum atomic E-state index is -0.168. The van der Waals surface area contributed by atoms with Crippen LogP contribution in [0.2, 0.25) is 0 Å². The van der Waals surface area contributed by atoms with Gasteiger partial charge in [0.1, 0.15) is 0 Å². The fourth-order valence-corrected chi connectivity index (χ4v) is 4.57. The Morgan fingerprint density at radius 2 is 2.00 bits per heavy atom. The highest BCUT2D eigenvalue weighted by molar-refractivity contribution is 7.17. The van der Waals surface area contributed by atoms with E-state index >= 15 is 0 Å². The van der Waals surface area contributed by atoms with Gasteiger partial charge >= 0.3 is 0 Å². The molecule has 114 valence electrons. The molecule has 4 aromatic rings. The van der Waals surface area contributed by atoms with Crippen LogP contribution in [0.5, 0.6) is 0 Å². The Balaban J connectivity index is 2.00. The van der Waals surface area contributed by atoms with Crippen molar-refractivity contribution in [3.05, 3.63) is 63.6 Å². The van der Waals surface area contributed by atoms with Gasteiger partial charge in [0, 0.05) is 11.9 Å². The zero-order valence-corrected chi connectivity index (χ0v) is 14.2. The minimum absolute atomic E-state index is 0.168. The van der Waals surface area contributed by atoms with E-state index in [9.17, 15) is 4.79 Å². The molecule has 0 aliphatic rings. The summed E-state index contributed by atoms with van der Waals surface area (Å²) in [7, 11) is 0. The van der Waals surface area contributed by atoms with Gasteiger partial charge in [0.05, 0.1) is 15.1 Å². The molecule has 0 saturated carbocycles. The third-order valence-electron chi connectivity index (χ3n) is 3.82. The van der Waals surface area contributed by atoms with Gasteiger partial charge < -0.3 is 4.57 Å². The van der Waals surface area contributed by atoms with Gasteiger partial charge in [-0.3, -0.25) is 4.79 Å². The third kappa shape index (κ3) is 2.42. The maximum atomic E-state index is 12.3. The number of amides is 1. The van der Waals surface area contributed by atoms with Gasteiger partial charge in [-0.2, -0.15) is 4.99 Å². The Labute approximate surface area is 141 Å². The van der Waals surface area contributed by atoms with Crippen LogP contribution in [0.1, 0.15) is 16.6 Å². The molecular weight excluding hydrogens is 324 g/mol. The molecule has 5 heteroatoms. The summed E-state index contributed by atoms with van der Waals surface area (Å²) < 4.78 is 3.29. The summed E-state index contributed by atoms with van der Waals surface area (Å²) in [6.07, 6.45) is 0. The van der Waals surface area contributed by atoms with Crippen molar-refractivity contribution < 1.29 is 4.79 Å². The molecule has 0 aliphatic carbocycles. The molecule has 0 spiro atoms. The molecular formula is C18H14N2OS2. The van der Waals surface area contributed by atoms with E-state index in [2.05, 4.69) is 40.7 Å². The first-order valence-electron chi connectivity index (χ1n) is 7.41. The van der Waals surface area contributed by atoms with E-state index in [0.29, 0.717) is 4.88 Å². The number of aryl methyl sites for hydroxylation is 1. The molecule has 0 radical (unpaired) electrons. The lowest BCUT2D eigenvalue weighted by molar-refractivity contribution is 0.100. The smallest absolute Gasteiger partial charge is 0.289 e. The molecule has 2 aromatic carbocycles. The molecule has 1 amide bonds. The number of fused-ring (bicyclic) bond motifs is 3. The highest BCUT2D eigenvalue weighted by Crippen LogP contribution is 2.27. The number of hydrogen-bond donors (Lipinski definition) is 0. The van der Waals surface area contributed by atoms with Crippen LogP contribution in [0.25, 0.3) is 21.0 Å². The monoisotopic (exact) mass is 338 g/mol. The molecule has 2 aromatic heterocycles. The maximum Gasteiger partial charge on any atom is 0.289 e. The van der Waals surface area contributed by atoms with Crippen LogP contribution < -0.4 is 4.80 Å². The molecule has 0 aliphatic heterocycles. The van der Waals surface area contributed by atoms with Gasteiger partial charge in [-0.1, -0.05) is 47.7 Å². The summed E-state index contributed by atoms with van der Waals surface area (Å²) in [4.78, 5) is 18.1. The molecule has 0 bridgehead atoms. The molecule has 0 saturated heterocycles. The van der Waals surface area contributed by atoms with Gasteiger partial charge in [0.25, 0.3) is 5.91 Å². The summed E-state index contributed by atoms with van der Waals surface area (Å²) in [5.41, 5.74) is 1.13. The number of carbonyl (C=O) groups is 1. The van der Waals surface area contributed by atoms with E-state index in [4.69, 9.17) is 0 Å². The first-order valence-corrected chi connectivity index (χ1v) is 9.11. The van der Waals surface area contributed by atoms with E-state index in [-0.39, 0.29) is 5.91 Å². The van der Waals surface area contributed by atoms with Crippen molar-refractivity contribution in [2.75, 3.05) is 0 Å². The van der Waals surface area contributed by atoms with Crippen molar-refractivity contribution in [2.24, 2.45) is 4.99 Å². The zero-order chi connectivity index (χ0) is 15.8. The Bertz CT molecular complexity index is 1070. The van der Waals surface area contributed by atoms with Crippen molar-refractivity contribution in [2.45, 2.75) is 13.5 Å². The molecule has 23 heavy (non-hydrogen) atoms. The molecule has 0 unspecified atom stereocenters. The lowest BCUT2D eigenvalue weighted by Gasteiger charge is -2.02. The van der Waals surface area contributed by atoms with Gasteiger partial charge in [0.2, 0.25) is 0 Å². The second-order valence-corrected chi connectivity index (χ2v) is 7.08. The lowest BCUT2D eigenvalue weighted by Crippen LogP contribution is -2.15. The second kappa shape index (κ2) is 5.76. The summed E-state index contributed by atoms with van der Waals surface area (Å²) in [6.45, 7) is 2.87. The predicted octanol–water partition coefficient (Wildman–Crippen LogP) is 4.68. The molecule has 2 heterocycles. The lowest BCUT2D eigenvalue weighted by atomic mass is 10.1. The molecule has 4 rings (SSSR count). The van der Waals surface area contributed by atoms with Gasteiger partial charge in [-0.05, 0) is 29.8 Å². The zero-order valence-electron chi connectivity index (χ0n) is 12.5. The average Bonchev–Trinajstić information content (AvgIpc) is 3.22. The standard InChI is InChI=1S/C18H14N2OS2/c1-2-20-14-10-9-12-6-3-4-7-13(12)16(14)23-18(20)19-17(21)15-8-5-11-22-15/h3-11H,2H2,1H3. The van der Waals surface area contributed by atoms with E-state index in [1.807, 2.05) is 29.6 Å². The Kier molecular flexibility index (Phi) is 3.59. The van der Waals surface area contributed by atoms with Crippen LogP contribution >= 0.6 is 22.7 Å². The van der Waals surface area contributed by atoms with Crippen molar-refractivity contribution in [3.8, 4) is 0 Å². The van der Waals surface area contributed by atoms with Crippen molar-refractivity contribution in [1.82, 2.24) is 4.57 Å². The van der Waals surface area contributed by atoms with Crippen LogP contribution in [0, 0.1) is 0 Å². The summed E-state index contributed by atoms with van der Waals surface area (Å²) in [5.74, 6) is -0.168. The third-order valence-corrected chi connectivity index (χ3v) is 5.80. The van der Waals surface area contributed by atoms with Gasteiger partial charge in [0.15, 0.2) is 4.80 Å². The normalized spacial score (nSPS) is 12.3. The van der Waals surface area contributed by atoms with Gasteiger partial charge in [-0.15, -0.1) is 11.3 Å². The first-order chi connectivity index (χ1) is 11.3. The van der Waals surface area contributed by atoms with E-state index < -0.39 is 0 Å². The number of thiazole rings is 1. The Hall–Kier alpha value is -2.24. The number of carbonyl (C=O) groups excluding carboxylic acids is 1. The number of rotatable bonds is 2. The average molecular weight is 338 g/mol. The first kappa shape index (κ1) is 14.4. The fourth-order valence-electron chi connectivity index (χ4n) is 2.73. The van der Waals surface area contributed by atoms with Crippen molar-refractivity contribution >= 4 is 49.6 Å². The number of thiophene rings is 1. The van der Waals surface area contributed by atoms with Crippen LogP contribution in [-0.2, 0) is 6.54 Å². The molecule has 0 atom stereocenters. The van der Waals surface area contributed by atoms with E-state index in [0.717, 1.165) is 16.9 Å². The number of aromatic nitrogens is 1. The SMILES string of the molecule is CCn1c(=NC(=O)c2cccs2)sc2c3ccccc3ccc21. The van der Waals surface area contributed by atoms with Gasteiger partial charge in [-0.25, -0.2) is 0 Å². The van der Waals surface area contributed by atoms with Crippen LogP contribution in [0.4, 0.5) is 0 Å². The van der Waals surface area contributed by atoms with E-state index in [1.165, 1.54) is 26.8 Å². The highest BCUT2D eigenvalue weighted by atomic mass is 32.1. The van der Waals surface area contributed by atoms with Crippen molar-refractivity contribution in [1.29, 1.82) is 0 Å². The fraction of sp³-hybridized carbons (Fsp3) is 0.111. The largest absolute Gasteiger partial charge is 0.317 e. The van der Waals surface area contributed by atoms with Crippen molar-refractivity contribution in [3.63, 3.8) is 0 Å². The second-order valence-electron chi connectivity index (χ2n) is 5.16. The topological polar surface area (TPSA) is 34.4 Å².